The van der Waals surface area contributed by atoms with Gasteiger partial charge in [0.15, 0.2) is 0 Å². The number of ether oxygens (including phenoxy) is 1. The lowest BCUT2D eigenvalue weighted by atomic mass is 10.2. The molecule has 3 amide bonds. The Kier molecular flexibility index (Phi) is 16.8. The third-order valence-electron chi connectivity index (χ3n) is 5.49. The van der Waals surface area contributed by atoms with E-state index in [-0.39, 0.29) is 35.5 Å². The van der Waals surface area contributed by atoms with E-state index in [9.17, 15) is 14.4 Å². The third kappa shape index (κ3) is 13.9. The number of piperazine rings is 1. The van der Waals surface area contributed by atoms with E-state index in [1.165, 1.54) is 0 Å². The Balaban J connectivity index is 0.000000481. The summed E-state index contributed by atoms with van der Waals surface area (Å²) in [5.41, 5.74) is 0. The van der Waals surface area contributed by atoms with Crippen molar-refractivity contribution >= 4 is 17.7 Å². The molecule has 2 aliphatic rings. The molecule has 0 aromatic carbocycles. The van der Waals surface area contributed by atoms with E-state index in [2.05, 4.69) is 10.2 Å². The Morgan fingerprint density at radius 3 is 1.56 bits per heavy atom. The summed E-state index contributed by atoms with van der Waals surface area (Å²) in [5, 5.41) is 3.21. The molecule has 0 aliphatic carbocycles. The molecule has 2 fully saturated rings. The molecule has 1 N–H and O–H groups in total. The molecule has 0 bridgehead atoms. The highest BCUT2D eigenvalue weighted by Gasteiger charge is 2.19. The minimum absolute atomic E-state index is 0.108. The molecule has 9 heteroatoms. The van der Waals surface area contributed by atoms with Gasteiger partial charge in [-0.05, 0) is 14.1 Å². The summed E-state index contributed by atoms with van der Waals surface area (Å²) >= 11 is 0. The van der Waals surface area contributed by atoms with Gasteiger partial charge >= 0.3 is 0 Å². The number of carbonyl (C=O) groups excluding carboxylic acids is 3. The van der Waals surface area contributed by atoms with Crippen LogP contribution in [0.15, 0.2) is 0 Å². The molecule has 2 saturated heterocycles. The standard InChI is InChI=1S/C9H20N2O.C8H16N2O.C8H15NO2/c1-8(2)9(12)11(5)7-6-10(3)4;1-7(2)8(11)10-5-3-9-4-6-10;1-7(2)8(10)9-3-5-11-6-4-9/h8H,6-7H2,1-5H3;7,9H,3-6H2,1-2H3;7H,3-6H2,1-2H3. The van der Waals surface area contributed by atoms with Gasteiger partial charge in [0.25, 0.3) is 0 Å². The number of hydrogen-bond donors (Lipinski definition) is 1. The minimum atomic E-state index is 0.108. The quantitative estimate of drug-likeness (QED) is 0.609. The highest BCUT2D eigenvalue weighted by molar-refractivity contribution is 5.78. The number of nitrogens with zero attached hydrogens (tertiary/aromatic N) is 4. The van der Waals surface area contributed by atoms with Crippen LogP contribution in [0.4, 0.5) is 0 Å². The molecule has 0 aromatic heterocycles. The first-order chi connectivity index (χ1) is 15.9. The zero-order valence-corrected chi connectivity index (χ0v) is 23.2. The first kappa shape index (κ1) is 32.3. The average Bonchev–Trinajstić information content (AvgIpc) is 2.82. The molecule has 2 rings (SSSR count). The lowest BCUT2D eigenvalue weighted by Crippen LogP contribution is -2.47. The van der Waals surface area contributed by atoms with Gasteiger partial charge in [0.2, 0.25) is 17.7 Å². The first-order valence-corrected chi connectivity index (χ1v) is 12.6. The maximum Gasteiger partial charge on any atom is 0.225 e. The Hall–Kier alpha value is -1.71. The van der Waals surface area contributed by atoms with Crippen molar-refractivity contribution in [3.8, 4) is 0 Å². The Morgan fingerprint density at radius 2 is 1.18 bits per heavy atom. The second kappa shape index (κ2) is 17.7. The highest BCUT2D eigenvalue weighted by Crippen LogP contribution is 2.04. The summed E-state index contributed by atoms with van der Waals surface area (Å²) in [6.07, 6.45) is 0. The maximum absolute atomic E-state index is 11.4. The fourth-order valence-electron chi connectivity index (χ4n) is 3.30. The van der Waals surface area contributed by atoms with E-state index >= 15 is 0 Å². The summed E-state index contributed by atoms with van der Waals surface area (Å²) in [5.74, 6) is 1.12. The number of rotatable bonds is 6. The monoisotopic (exact) mass is 485 g/mol. The minimum Gasteiger partial charge on any atom is -0.378 e. The molecular weight excluding hydrogens is 434 g/mol. The SMILES string of the molecule is CC(C)C(=O)N(C)CCN(C)C.CC(C)C(=O)N1CCNCC1.CC(C)C(=O)N1CCOCC1. The molecule has 0 aromatic rings. The molecular formula is C25H51N5O4. The van der Waals surface area contributed by atoms with Crippen molar-refractivity contribution in [3.05, 3.63) is 0 Å². The summed E-state index contributed by atoms with van der Waals surface area (Å²) in [6.45, 7) is 19.9. The molecule has 200 valence electrons. The zero-order chi connectivity index (χ0) is 26.3. The van der Waals surface area contributed by atoms with Gasteiger partial charge in [-0.1, -0.05) is 41.5 Å². The molecule has 0 atom stereocenters. The van der Waals surface area contributed by atoms with Crippen LogP contribution >= 0.6 is 0 Å². The second-order valence-corrected chi connectivity index (χ2v) is 10.0. The molecule has 2 heterocycles. The smallest absolute Gasteiger partial charge is 0.225 e. The third-order valence-corrected chi connectivity index (χ3v) is 5.49. The number of morpholine rings is 1. The predicted octanol–water partition coefficient (Wildman–Crippen LogP) is 1.24. The van der Waals surface area contributed by atoms with Crippen molar-refractivity contribution in [1.29, 1.82) is 0 Å². The van der Waals surface area contributed by atoms with Crippen molar-refractivity contribution in [3.63, 3.8) is 0 Å². The van der Waals surface area contributed by atoms with Gasteiger partial charge < -0.3 is 29.7 Å². The van der Waals surface area contributed by atoms with Crippen molar-refractivity contribution in [2.75, 3.05) is 86.7 Å². The van der Waals surface area contributed by atoms with Gasteiger partial charge in [0.05, 0.1) is 13.2 Å². The summed E-state index contributed by atoms with van der Waals surface area (Å²) in [4.78, 5) is 41.8. The van der Waals surface area contributed by atoms with Crippen LogP contribution in [0.2, 0.25) is 0 Å². The molecule has 34 heavy (non-hydrogen) atoms. The molecule has 0 saturated carbocycles. The van der Waals surface area contributed by atoms with Crippen LogP contribution < -0.4 is 5.32 Å². The molecule has 9 nitrogen and oxygen atoms in total. The van der Waals surface area contributed by atoms with E-state index < -0.39 is 0 Å². The molecule has 0 spiro atoms. The van der Waals surface area contributed by atoms with Crippen molar-refractivity contribution < 1.29 is 19.1 Å². The Bertz CT molecular complexity index is 550. The van der Waals surface area contributed by atoms with Crippen LogP contribution in [0, 0.1) is 17.8 Å². The van der Waals surface area contributed by atoms with Crippen LogP contribution in [-0.4, -0.2) is 124 Å². The lowest BCUT2D eigenvalue weighted by molar-refractivity contribution is -0.138. The van der Waals surface area contributed by atoms with Crippen LogP contribution in [-0.2, 0) is 19.1 Å². The molecule has 2 aliphatic heterocycles. The van der Waals surface area contributed by atoms with E-state index in [0.717, 1.165) is 52.4 Å². The number of hydrogen-bond acceptors (Lipinski definition) is 6. The van der Waals surface area contributed by atoms with Crippen LogP contribution in [0.1, 0.15) is 41.5 Å². The van der Waals surface area contributed by atoms with Gasteiger partial charge in [-0.25, -0.2) is 0 Å². The second-order valence-electron chi connectivity index (χ2n) is 10.0. The maximum atomic E-state index is 11.4. The molecule has 0 radical (unpaired) electrons. The van der Waals surface area contributed by atoms with Gasteiger partial charge in [-0.2, -0.15) is 0 Å². The van der Waals surface area contributed by atoms with E-state index in [0.29, 0.717) is 13.2 Å². The van der Waals surface area contributed by atoms with Gasteiger partial charge in [0, 0.05) is 77.2 Å². The van der Waals surface area contributed by atoms with Crippen molar-refractivity contribution in [1.82, 2.24) is 24.9 Å². The lowest BCUT2D eigenvalue weighted by Gasteiger charge is -2.28. The van der Waals surface area contributed by atoms with Crippen LogP contribution in [0.5, 0.6) is 0 Å². The first-order valence-electron chi connectivity index (χ1n) is 12.6. The van der Waals surface area contributed by atoms with Crippen LogP contribution in [0.25, 0.3) is 0 Å². The normalized spacial score (nSPS) is 16.1. The van der Waals surface area contributed by atoms with E-state index in [1.54, 1.807) is 4.90 Å². The van der Waals surface area contributed by atoms with E-state index in [1.807, 2.05) is 72.5 Å². The van der Waals surface area contributed by atoms with Gasteiger partial charge in [-0.15, -0.1) is 0 Å². The van der Waals surface area contributed by atoms with Crippen molar-refractivity contribution in [2.24, 2.45) is 17.8 Å². The molecule has 0 unspecified atom stereocenters. The Morgan fingerprint density at radius 1 is 0.735 bits per heavy atom. The van der Waals surface area contributed by atoms with E-state index in [4.69, 9.17) is 4.74 Å². The summed E-state index contributed by atoms with van der Waals surface area (Å²) in [7, 11) is 5.87. The highest BCUT2D eigenvalue weighted by atomic mass is 16.5. The largest absolute Gasteiger partial charge is 0.378 e. The topological polar surface area (TPSA) is 85.4 Å². The fraction of sp³-hybridized carbons (Fsp3) is 0.880. The number of nitrogens with one attached hydrogen (secondary N) is 1. The Labute approximate surface area is 208 Å². The zero-order valence-electron chi connectivity index (χ0n) is 23.2. The van der Waals surface area contributed by atoms with Gasteiger partial charge in [-0.3, -0.25) is 14.4 Å². The van der Waals surface area contributed by atoms with Crippen molar-refractivity contribution in [2.45, 2.75) is 41.5 Å². The summed E-state index contributed by atoms with van der Waals surface area (Å²) < 4.78 is 5.14. The number of likely N-dealkylation sites (N-methyl/N-ethyl adjacent to an activating group) is 2. The van der Waals surface area contributed by atoms with Gasteiger partial charge in [0.1, 0.15) is 0 Å². The average molecular weight is 486 g/mol. The summed E-state index contributed by atoms with van der Waals surface area (Å²) in [6, 6.07) is 0. The number of amides is 3. The van der Waals surface area contributed by atoms with Crippen LogP contribution in [0.3, 0.4) is 0 Å². The number of carbonyl (C=O) groups is 3. The predicted molar refractivity (Wildman–Crippen MR) is 138 cm³/mol. The fourth-order valence-corrected chi connectivity index (χ4v) is 3.30.